The first-order chi connectivity index (χ1) is 12.1. The van der Waals surface area contributed by atoms with Crippen molar-refractivity contribution in [2.45, 2.75) is 41.0 Å². The summed E-state index contributed by atoms with van der Waals surface area (Å²) in [6.45, 7) is 4.55. The van der Waals surface area contributed by atoms with E-state index in [1.807, 2.05) is 24.3 Å². The van der Waals surface area contributed by atoms with Crippen molar-refractivity contribution >= 4 is 40.6 Å². The molecule has 2 unspecified atom stereocenters. The van der Waals surface area contributed by atoms with E-state index in [0.29, 0.717) is 17.0 Å². The second kappa shape index (κ2) is 7.27. The summed E-state index contributed by atoms with van der Waals surface area (Å²) in [4.78, 5) is 20.5. The highest BCUT2D eigenvalue weighted by Crippen LogP contribution is 2.34. The Hall–Kier alpha value is -1.08. The summed E-state index contributed by atoms with van der Waals surface area (Å²) in [6.07, 6.45) is 4.15. The maximum Gasteiger partial charge on any atom is 0.280 e. The lowest BCUT2D eigenvalue weighted by molar-refractivity contribution is 0.0217. The number of thiazole rings is 1. The summed E-state index contributed by atoms with van der Waals surface area (Å²) in [5.74, 6) is 0.561. The molecule has 0 saturated carbocycles. The third kappa shape index (κ3) is 3.72. The molecule has 3 aliphatic heterocycles. The van der Waals surface area contributed by atoms with Crippen LogP contribution in [0, 0.1) is 5.92 Å². The number of piperidine rings is 3. The number of hydrogen-bond donors (Lipinski definition) is 1. The molecule has 0 aliphatic carbocycles. The average Bonchev–Trinajstić information content (AvgIpc) is 3.09. The van der Waals surface area contributed by atoms with Gasteiger partial charge in [0.1, 0.15) is 0 Å². The molecule has 1 aromatic heterocycles. The van der Waals surface area contributed by atoms with E-state index in [4.69, 9.17) is 11.6 Å². The van der Waals surface area contributed by atoms with E-state index >= 15 is 0 Å². The molecule has 4 heterocycles. The summed E-state index contributed by atoms with van der Waals surface area (Å²) in [7, 11) is 0. The molecule has 3 fully saturated rings. The standard InChI is InChI=1S/C18H20ClN3OS2/c1-11-16(12-6-8-22(11)9-7-12)21-17(23)18-20-10-15(25-18)24-14-4-2-13(19)3-5-14/h2-5,10-12,16H,6-9H2,1H3,(H,21,23). The number of nitrogens with zero attached hydrogens (tertiary/aromatic N) is 2. The summed E-state index contributed by atoms with van der Waals surface area (Å²) < 4.78 is 1.01. The van der Waals surface area contributed by atoms with Crippen molar-refractivity contribution in [3.05, 3.63) is 40.5 Å². The molecule has 1 amide bonds. The Morgan fingerprint density at radius 1 is 1.32 bits per heavy atom. The van der Waals surface area contributed by atoms with Gasteiger partial charge in [0.15, 0.2) is 5.01 Å². The van der Waals surface area contributed by atoms with Gasteiger partial charge in [0.05, 0.1) is 10.4 Å². The molecule has 1 aromatic carbocycles. The predicted octanol–water partition coefficient (Wildman–Crippen LogP) is 4.16. The molecule has 4 nitrogen and oxygen atoms in total. The van der Waals surface area contributed by atoms with Crippen LogP contribution in [-0.4, -0.2) is 41.0 Å². The van der Waals surface area contributed by atoms with E-state index in [1.54, 1.807) is 18.0 Å². The van der Waals surface area contributed by atoms with Crippen molar-refractivity contribution < 1.29 is 4.79 Å². The fourth-order valence-corrected chi connectivity index (χ4v) is 5.77. The zero-order valence-electron chi connectivity index (χ0n) is 13.9. The van der Waals surface area contributed by atoms with E-state index in [-0.39, 0.29) is 11.9 Å². The van der Waals surface area contributed by atoms with E-state index in [9.17, 15) is 4.79 Å². The Labute approximate surface area is 161 Å². The van der Waals surface area contributed by atoms with Crippen LogP contribution in [0.3, 0.4) is 0 Å². The quantitative estimate of drug-likeness (QED) is 0.847. The van der Waals surface area contributed by atoms with E-state index in [0.717, 1.165) is 27.2 Å². The number of aromatic nitrogens is 1. The normalized spacial score (nSPS) is 28.1. The fraction of sp³-hybridized carbons (Fsp3) is 0.444. The summed E-state index contributed by atoms with van der Waals surface area (Å²) >= 11 is 8.96. The van der Waals surface area contributed by atoms with Gasteiger partial charge in [0.25, 0.3) is 5.91 Å². The number of carbonyl (C=O) groups excluding carboxylic acids is 1. The minimum Gasteiger partial charge on any atom is -0.345 e. The van der Waals surface area contributed by atoms with Crippen molar-refractivity contribution in [3.63, 3.8) is 0 Å². The van der Waals surface area contributed by atoms with Gasteiger partial charge in [-0.25, -0.2) is 4.98 Å². The van der Waals surface area contributed by atoms with Crippen LogP contribution < -0.4 is 5.32 Å². The van der Waals surface area contributed by atoms with Gasteiger partial charge in [-0.3, -0.25) is 9.69 Å². The Bertz CT molecular complexity index is 754. The predicted molar refractivity (Wildman–Crippen MR) is 103 cm³/mol. The minimum absolute atomic E-state index is 0.0430. The highest BCUT2D eigenvalue weighted by atomic mass is 35.5. The number of amides is 1. The van der Waals surface area contributed by atoms with Crippen LogP contribution in [0.1, 0.15) is 29.6 Å². The molecule has 25 heavy (non-hydrogen) atoms. The van der Waals surface area contributed by atoms with Crippen molar-refractivity contribution in [2.75, 3.05) is 13.1 Å². The van der Waals surface area contributed by atoms with Crippen molar-refractivity contribution in [1.29, 1.82) is 0 Å². The van der Waals surface area contributed by atoms with E-state index in [2.05, 4.69) is 22.1 Å². The van der Waals surface area contributed by atoms with Crippen LogP contribution in [0.25, 0.3) is 0 Å². The number of benzene rings is 1. The van der Waals surface area contributed by atoms with Crippen LogP contribution in [0.4, 0.5) is 0 Å². The van der Waals surface area contributed by atoms with Crippen LogP contribution in [0.2, 0.25) is 5.02 Å². The molecular formula is C18H20ClN3OS2. The molecule has 0 radical (unpaired) electrons. The first-order valence-electron chi connectivity index (χ1n) is 8.54. The first kappa shape index (κ1) is 17.3. The lowest BCUT2D eigenvalue weighted by Gasteiger charge is -2.49. The number of hydrogen-bond acceptors (Lipinski definition) is 5. The largest absolute Gasteiger partial charge is 0.345 e. The third-order valence-electron chi connectivity index (χ3n) is 5.19. The molecule has 3 saturated heterocycles. The van der Waals surface area contributed by atoms with Gasteiger partial charge in [-0.05, 0) is 63.0 Å². The average molecular weight is 394 g/mol. The molecule has 5 rings (SSSR count). The highest BCUT2D eigenvalue weighted by molar-refractivity contribution is 8.01. The van der Waals surface area contributed by atoms with E-state index < -0.39 is 0 Å². The molecular weight excluding hydrogens is 374 g/mol. The number of carbonyl (C=O) groups is 1. The van der Waals surface area contributed by atoms with Crippen LogP contribution in [-0.2, 0) is 0 Å². The highest BCUT2D eigenvalue weighted by Gasteiger charge is 2.40. The molecule has 2 aromatic rings. The van der Waals surface area contributed by atoms with Crippen molar-refractivity contribution in [3.8, 4) is 0 Å². The van der Waals surface area contributed by atoms with Crippen LogP contribution >= 0.6 is 34.7 Å². The number of fused-ring (bicyclic) bond motifs is 3. The molecule has 7 heteroatoms. The van der Waals surface area contributed by atoms with Gasteiger partial charge < -0.3 is 5.32 Å². The zero-order valence-corrected chi connectivity index (χ0v) is 16.3. The Morgan fingerprint density at radius 2 is 2.04 bits per heavy atom. The lowest BCUT2D eigenvalue weighted by Crippen LogP contribution is -2.62. The van der Waals surface area contributed by atoms with Crippen molar-refractivity contribution in [2.24, 2.45) is 5.92 Å². The third-order valence-corrected chi connectivity index (χ3v) is 7.54. The molecule has 2 atom stereocenters. The maximum atomic E-state index is 12.6. The van der Waals surface area contributed by atoms with Crippen molar-refractivity contribution in [1.82, 2.24) is 15.2 Å². The molecule has 1 N–H and O–H groups in total. The second-order valence-electron chi connectivity index (χ2n) is 6.65. The summed E-state index contributed by atoms with van der Waals surface area (Å²) in [5.41, 5.74) is 0. The second-order valence-corrected chi connectivity index (χ2v) is 9.49. The van der Waals surface area contributed by atoms with Gasteiger partial charge >= 0.3 is 0 Å². The van der Waals surface area contributed by atoms with Gasteiger partial charge in [-0.2, -0.15) is 0 Å². The minimum atomic E-state index is -0.0430. The summed E-state index contributed by atoms with van der Waals surface area (Å²) in [5, 5.41) is 4.51. The van der Waals surface area contributed by atoms with Crippen LogP contribution in [0.5, 0.6) is 0 Å². The zero-order chi connectivity index (χ0) is 17.4. The Kier molecular flexibility index (Phi) is 5.04. The Morgan fingerprint density at radius 3 is 2.72 bits per heavy atom. The molecule has 2 bridgehead atoms. The van der Waals surface area contributed by atoms with E-state index in [1.165, 1.54) is 24.2 Å². The van der Waals surface area contributed by atoms with Gasteiger partial charge in [-0.15, -0.1) is 11.3 Å². The van der Waals surface area contributed by atoms with Gasteiger partial charge in [0, 0.05) is 22.0 Å². The molecule has 132 valence electrons. The topological polar surface area (TPSA) is 45.2 Å². The number of halogens is 1. The monoisotopic (exact) mass is 393 g/mol. The number of nitrogens with one attached hydrogen (secondary N) is 1. The van der Waals surface area contributed by atoms with Gasteiger partial charge in [-0.1, -0.05) is 23.4 Å². The lowest BCUT2D eigenvalue weighted by atomic mass is 9.79. The number of rotatable bonds is 4. The fourth-order valence-electron chi connectivity index (χ4n) is 3.79. The summed E-state index contributed by atoms with van der Waals surface area (Å²) in [6, 6.07) is 8.34. The van der Waals surface area contributed by atoms with Gasteiger partial charge in [0.2, 0.25) is 0 Å². The van der Waals surface area contributed by atoms with Crippen LogP contribution in [0.15, 0.2) is 39.6 Å². The SMILES string of the molecule is CC1C(NC(=O)c2ncc(Sc3ccc(Cl)cc3)s2)C2CCN1CC2. The smallest absolute Gasteiger partial charge is 0.280 e. The molecule has 0 spiro atoms. The maximum absolute atomic E-state index is 12.6. The Balaban J connectivity index is 1.41. The molecule has 3 aliphatic rings. The first-order valence-corrected chi connectivity index (χ1v) is 10.6.